The third kappa shape index (κ3) is 4.27. The van der Waals surface area contributed by atoms with E-state index in [4.69, 9.17) is 21.1 Å². The number of benzene rings is 2. The number of nitrogens with one attached hydrogen (secondary N) is 2. The number of rotatable bonds is 5. The van der Waals surface area contributed by atoms with Crippen LogP contribution in [-0.4, -0.2) is 25.0 Å². The van der Waals surface area contributed by atoms with E-state index in [-0.39, 0.29) is 12.2 Å². The lowest BCUT2D eigenvalue weighted by Crippen LogP contribution is -2.51. The molecule has 0 saturated carbocycles. The first kappa shape index (κ1) is 18.5. The molecule has 2 aromatic carbocycles. The Balaban J connectivity index is 1.81. The van der Waals surface area contributed by atoms with Gasteiger partial charge in [0.2, 0.25) is 0 Å². The van der Waals surface area contributed by atoms with E-state index in [1.165, 1.54) is 13.2 Å². The van der Waals surface area contributed by atoms with Crippen LogP contribution in [0.5, 0.6) is 11.5 Å². The number of amides is 4. The molecule has 0 atom stereocenters. The van der Waals surface area contributed by atoms with Crippen LogP contribution in [0.4, 0.5) is 4.79 Å². The summed E-state index contributed by atoms with van der Waals surface area (Å²) in [6.45, 7) is 0.253. The molecule has 0 spiro atoms. The zero-order valence-corrected chi connectivity index (χ0v) is 15.0. The highest BCUT2D eigenvalue weighted by Crippen LogP contribution is 2.30. The standard InChI is InChI=1S/C19H15ClN2O5/c1-26-16-9-11(8-13-17(23)21-19(25)22-18(13)24)6-7-15(16)27-10-12-4-2-3-5-14(12)20/h2-9H,10H2,1H3,(H2,21,22,23,24,25). The van der Waals surface area contributed by atoms with Crippen molar-refractivity contribution < 1.29 is 23.9 Å². The highest BCUT2D eigenvalue weighted by molar-refractivity contribution is 6.31. The lowest BCUT2D eigenvalue weighted by molar-refractivity contribution is -0.123. The van der Waals surface area contributed by atoms with Crippen LogP contribution in [0, 0.1) is 0 Å². The highest BCUT2D eigenvalue weighted by Gasteiger charge is 2.27. The molecule has 1 fully saturated rings. The normalized spacial score (nSPS) is 13.7. The van der Waals surface area contributed by atoms with Gasteiger partial charge in [0.25, 0.3) is 11.8 Å². The number of ether oxygens (including phenoxy) is 2. The molecule has 1 saturated heterocycles. The fraction of sp³-hybridized carbons (Fsp3) is 0.105. The SMILES string of the molecule is COc1cc(C=C2C(=O)NC(=O)NC2=O)ccc1OCc1ccccc1Cl. The topological polar surface area (TPSA) is 93.7 Å². The Hall–Kier alpha value is -3.32. The van der Waals surface area contributed by atoms with E-state index in [0.29, 0.717) is 22.1 Å². The van der Waals surface area contributed by atoms with Crippen molar-refractivity contribution in [2.45, 2.75) is 6.61 Å². The van der Waals surface area contributed by atoms with E-state index in [9.17, 15) is 14.4 Å². The highest BCUT2D eigenvalue weighted by atomic mass is 35.5. The minimum absolute atomic E-state index is 0.179. The van der Waals surface area contributed by atoms with Gasteiger partial charge in [0.05, 0.1) is 7.11 Å². The quantitative estimate of drug-likeness (QED) is 0.608. The minimum atomic E-state index is -0.844. The minimum Gasteiger partial charge on any atom is -0.493 e. The van der Waals surface area contributed by atoms with Crippen molar-refractivity contribution in [3.05, 3.63) is 64.2 Å². The first-order valence-corrected chi connectivity index (χ1v) is 8.28. The maximum absolute atomic E-state index is 11.8. The van der Waals surface area contributed by atoms with Gasteiger partial charge >= 0.3 is 6.03 Å². The summed E-state index contributed by atoms with van der Waals surface area (Å²) in [4.78, 5) is 34.7. The van der Waals surface area contributed by atoms with Gasteiger partial charge in [-0.25, -0.2) is 4.79 Å². The smallest absolute Gasteiger partial charge is 0.328 e. The third-order valence-corrected chi connectivity index (χ3v) is 4.15. The van der Waals surface area contributed by atoms with Crippen molar-refractivity contribution >= 4 is 35.5 Å². The van der Waals surface area contributed by atoms with Crippen LogP contribution in [-0.2, 0) is 16.2 Å². The molecule has 0 unspecified atom stereocenters. The number of urea groups is 1. The zero-order chi connectivity index (χ0) is 19.4. The number of halogens is 1. The molecule has 4 amide bonds. The zero-order valence-electron chi connectivity index (χ0n) is 14.2. The predicted octanol–water partition coefficient (Wildman–Crippen LogP) is 2.68. The Morgan fingerprint density at radius 3 is 2.37 bits per heavy atom. The van der Waals surface area contributed by atoms with Crippen LogP contribution in [0.1, 0.15) is 11.1 Å². The van der Waals surface area contributed by atoms with E-state index in [0.717, 1.165) is 5.56 Å². The van der Waals surface area contributed by atoms with Gasteiger partial charge in [0, 0.05) is 10.6 Å². The number of carbonyl (C=O) groups excluding carboxylic acids is 3. The molecule has 3 rings (SSSR count). The average molecular weight is 387 g/mol. The Labute approximate surface area is 159 Å². The number of carbonyl (C=O) groups is 3. The average Bonchev–Trinajstić information content (AvgIpc) is 2.64. The summed E-state index contributed by atoms with van der Waals surface area (Å²) in [6, 6.07) is 11.4. The third-order valence-electron chi connectivity index (χ3n) is 3.78. The molecule has 8 heteroatoms. The van der Waals surface area contributed by atoms with Gasteiger partial charge in [-0.05, 0) is 29.8 Å². The summed E-state index contributed by atoms with van der Waals surface area (Å²) < 4.78 is 11.1. The van der Waals surface area contributed by atoms with Crippen molar-refractivity contribution in [2.24, 2.45) is 0 Å². The fourth-order valence-corrected chi connectivity index (χ4v) is 2.63. The molecule has 1 heterocycles. The van der Waals surface area contributed by atoms with Crippen molar-refractivity contribution in [2.75, 3.05) is 7.11 Å². The Bertz CT molecular complexity index is 933. The number of methoxy groups -OCH3 is 1. The number of barbiturate groups is 1. The largest absolute Gasteiger partial charge is 0.493 e. The monoisotopic (exact) mass is 386 g/mol. The lowest BCUT2D eigenvalue weighted by atomic mass is 10.1. The van der Waals surface area contributed by atoms with Crippen molar-refractivity contribution in [1.82, 2.24) is 10.6 Å². The van der Waals surface area contributed by atoms with Crippen molar-refractivity contribution in [3.8, 4) is 11.5 Å². The summed E-state index contributed by atoms with van der Waals surface area (Å²) in [5.41, 5.74) is 1.18. The second-order valence-electron chi connectivity index (χ2n) is 5.59. The van der Waals surface area contributed by atoms with Gasteiger partial charge in [-0.1, -0.05) is 35.9 Å². The van der Waals surface area contributed by atoms with Crippen LogP contribution in [0.2, 0.25) is 5.02 Å². The van der Waals surface area contributed by atoms with E-state index < -0.39 is 17.8 Å². The molecule has 0 radical (unpaired) electrons. The molecule has 7 nitrogen and oxygen atoms in total. The second kappa shape index (κ2) is 7.92. The molecular formula is C19H15ClN2O5. The lowest BCUT2D eigenvalue weighted by Gasteiger charge is -2.15. The number of hydrogen-bond acceptors (Lipinski definition) is 5. The Kier molecular flexibility index (Phi) is 5.42. The molecule has 138 valence electrons. The van der Waals surface area contributed by atoms with Gasteiger partial charge in [0.15, 0.2) is 11.5 Å². The Morgan fingerprint density at radius 1 is 1.00 bits per heavy atom. The van der Waals surface area contributed by atoms with Crippen LogP contribution in [0.25, 0.3) is 6.08 Å². The van der Waals surface area contributed by atoms with Crippen molar-refractivity contribution in [1.29, 1.82) is 0 Å². The molecular weight excluding hydrogens is 372 g/mol. The summed E-state index contributed by atoms with van der Waals surface area (Å²) in [6.07, 6.45) is 1.36. The molecule has 0 aliphatic carbocycles. The fourth-order valence-electron chi connectivity index (χ4n) is 2.44. The van der Waals surface area contributed by atoms with E-state index in [2.05, 4.69) is 0 Å². The molecule has 0 aromatic heterocycles. The van der Waals surface area contributed by atoms with Gasteiger partial charge in [-0.15, -0.1) is 0 Å². The van der Waals surface area contributed by atoms with E-state index in [1.54, 1.807) is 24.3 Å². The summed E-state index contributed by atoms with van der Waals surface area (Å²) in [5.74, 6) is -0.625. The molecule has 1 aliphatic heterocycles. The van der Waals surface area contributed by atoms with E-state index in [1.807, 2.05) is 28.8 Å². The maximum atomic E-state index is 11.8. The Morgan fingerprint density at radius 2 is 1.70 bits per heavy atom. The number of imide groups is 2. The van der Waals surface area contributed by atoms with Gasteiger partial charge in [-0.2, -0.15) is 0 Å². The van der Waals surface area contributed by atoms with Gasteiger partial charge in [-0.3, -0.25) is 20.2 Å². The summed E-state index contributed by atoms with van der Waals surface area (Å²) in [5, 5.41) is 4.63. The van der Waals surface area contributed by atoms with Gasteiger partial charge in [0.1, 0.15) is 12.2 Å². The van der Waals surface area contributed by atoms with Gasteiger partial charge < -0.3 is 9.47 Å². The molecule has 27 heavy (non-hydrogen) atoms. The summed E-state index contributed by atoms with van der Waals surface area (Å²) in [7, 11) is 1.48. The number of hydrogen-bond donors (Lipinski definition) is 2. The molecule has 0 bridgehead atoms. The molecule has 2 aromatic rings. The predicted molar refractivity (Wildman–Crippen MR) is 98.4 cm³/mol. The molecule has 1 aliphatic rings. The molecule has 2 N–H and O–H groups in total. The van der Waals surface area contributed by atoms with Crippen LogP contribution >= 0.6 is 11.6 Å². The first-order chi connectivity index (χ1) is 13.0. The van der Waals surface area contributed by atoms with Crippen LogP contribution in [0.15, 0.2) is 48.0 Å². The van der Waals surface area contributed by atoms with Crippen LogP contribution in [0.3, 0.4) is 0 Å². The first-order valence-electron chi connectivity index (χ1n) is 7.90. The van der Waals surface area contributed by atoms with E-state index >= 15 is 0 Å². The second-order valence-corrected chi connectivity index (χ2v) is 5.99. The van der Waals surface area contributed by atoms with Crippen LogP contribution < -0.4 is 20.1 Å². The van der Waals surface area contributed by atoms with Crippen molar-refractivity contribution in [3.63, 3.8) is 0 Å². The summed E-state index contributed by atoms with van der Waals surface area (Å²) >= 11 is 6.12. The maximum Gasteiger partial charge on any atom is 0.328 e.